The lowest BCUT2D eigenvalue weighted by Gasteiger charge is -2.40. The van der Waals surface area contributed by atoms with Gasteiger partial charge in [-0.2, -0.15) is 0 Å². The number of piperazine rings is 1. The summed E-state index contributed by atoms with van der Waals surface area (Å²) in [5.74, 6) is 0.665. The number of methoxy groups -OCH3 is 1. The summed E-state index contributed by atoms with van der Waals surface area (Å²) < 4.78 is 5.33. The Morgan fingerprint density at radius 3 is 2.38 bits per heavy atom. The number of likely N-dealkylation sites (N-methyl/N-ethyl adjacent to an activating group) is 1. The Balaban J connectivity index is 2.45. The van der Waals surface area contributed by atoms with E-state index in [1.165, 1.54) is 26.2 Å². The van der Waals surface area contributed by atoms with Gasteiger partial charge in [0.2, 0.25) is 0 Å². The molecule has 0 amide bonds. The van der Waals surface area contributed by atoms with Gasteiger partial charge in [0, 0.05) is 51.9 Å². The molecule has 5 nitrogen and oxygen atoms in total. The van der Waals surface area contributed by atoms with Gasteiger partial charge in [-0.05, 0) is 32.4 Å². The molecule has 0 radical (unpaired) electrons. The second-order valence-corrected chi connectivity index (χ2v) is 6.64. The summed E-state index contributed by atoms with van der Waals surface area (Å²) in [6.07, 6.45) is 2.15. The molecule has 3 N–H and O–H groups in total. The Labute approximate surface area is 131 Å². The summed E-state index contributed by atoms with van der Waals surface area (Å²) in [6.45, 7) is 11.9. The second-order valence-electron chi connectivity index (χ2n) is 6.64. The average molecular weight is 300 g/mol. The van der Waals surface area contributed by atoms with E-state index in [9.17, 15) is 0 Å². The fourth-order valence-electron chi connectivity index (χ4n) is 3.04. The van der Waals surface area contributed by atoms with E-state index < -0.39 is 0 Å². The first kappa shape index (κ1) is 18.8. The highest BCUT2D eigenvalue weighted by atomic mass is 16.5. The van der Waals surface area contributed by atoms with Crippen molar-refractivity contribution in [3.05, 3.63) is 0 Å². The predicted octanol–water partition coefficient (Wildman–Crippen LogP) is 0.602. The van der Waals surface area contributed by atoms with Crippen LogP contribution in [0.1, 0.15) is 26.7 Å². The monoisotopic (exact) mass is 300 g/mol. The fourth-order valence-corrected chi connectivity index (χ4v) is 3.04. The van der Waals surface area contributed by atoms with Crippen molar-refractivity contribution >= 4 is 0 Å². The summed E-state index contributed by atoms with van der Waals surface area (Å²) in [4.78, 5) is 5.06. The Bertz CT molecular complexity index is 255. The van der Waals surface area contributed by atoms with Crippen LogP contribution in [0.2, 0.25) is 0 Å². The molecule has 0 spiro atoms. The van der Waals surface area contributed by atoms with E-state index in [-0.39, 0.29) is 0 Å². The molecule has 0 bridgehead atoms. The third-order valence-corrected chi connectivity index (χ3v) is 4.52. The molecule has 5 heteroatoms. The van der Waals surface area contributed by atoms with Gasteiger partial charge in [-0.3, -0.25) is 4.90 Å². The quantitative estimate of drug-likeness (QED) is 0.619. The minimum atomic E-state index is 0.423. The number of nitrogens with one attached hydrogen (secondary N) is 1. The maximum Gasteiger partial charge on any atom is 0.0615 e. The topological polar surface area (TPSA) is 53.8 Å². The molecule has 1 saturated heterocycles. The normalized spacial score (nSPS) is 20.9. The Kier molecular flexibility index (Phi) is 9.44. The fraction of sp³-hybridized carbons (Fsp3) is 1.00. The molecule has 2 unspecified atom stereocenters. The molecule has 1 heterocycles. The van der Waals surface area contributed by atoms with Crippen LogP contribution >= 0.6 is 0 Å². The molecule has 1 rings (SSSR count). The number of nitrogens with two attached hydrogens (primary N) is 1. The highest BCUT2D eigenvalue weighted by Crippen LogP contribution is 2.13. The van der Waals surface area contributed by atoms with Gasteiger partial charge in [-0.1, -0.05) is 13.8 Å². The van der Waals surface area contributed by atoms with Gasteiger partial charge >= 0.3 is 0 Å². The third kappa shape index (κ3) is 7.06. The van der Waals surface area contributed by atoms with Crippen molar-refractivity contribution in [3.63, 3.8) is 0 Å². The van der Waals surface area contributed by atoms with Crippen LogP contribution in [0.3, 0.4) is 0 Å². The Morgan fingerprint density at radius 1 is 1.19 bits per heavy atom. The van der Waals surface area contributed by atoms with Gasteiger partial charge in [0.05, 0.1) is 6.61 Å². The molecule has 0 aromatic carbocycles. The first-order valence-electron chi connectivity index (χ1n) is 8.43. The highest BCUT2D eigenvalue weighted by Gasteiger charge is 2.25. The molecule has 1 fully saturated rings. The molecule has 0 aromatic heterocycles. The van der Waals surface area contributed by atoms with Gasteiger partial charge < -0.3 is 20.7 Å². The summed E-state index contributed by atoms with van der Waals surface area (Å²) in [5, 5.41) is 3.71. The minimum absolute atomic E-state index is 0.423. The zero-order valence-electron chi connectivity index (χ0n) is 14.5. The molecule has 1 aliphatic rings. The molecule has 21 heavy (non-hydrogen) atoms. The van der Waals surface area contributed by atoms with Gasteiger partial charge in [-0.15, -0.1) is 0 Å². The van der Waals surface area contributed by atoms with Crippen LogP contribution < -0.4 is 11.1 Å². The first-order valence-corrected chi connectivity index (χ1v) is 8.43. The van der Waals surface area contributed by atoms with Crippen LogP contribution in [0.5, 0.6) is 0 Å². The summed E-state index contributed by atoms with van der Waals surface area (Å²) in [6, 6.07) is 1.03. The van der Waals surface area contributed by atoms with Crippen molar-refractivity contribution in [2.45, 2.75) is 38.8 Å². The largest absolute Gasteiger partial charge is 0.383 e. The molecule has 2 atom stereocenters. The number of ether oxygens (including phenoxy) is 1. The summed E-state index contributed by atoms with van der Waals surface area (Å²) >= 11 is 0. The van der Waals surface area contributed by atoms with E-state index in [1.54, 1.807) is 7.11 Å². The van der Waals surface area contributed by atoms with E-state index in [0.717, 1.165) is 32.5 Å². The number of hydrogen-bond acceptors (Lipinski definition) is 5. The minimum Gasteiger partial charge on any atom is -0.383 e. The lowest BCUT2D eigenvalue weighted by atomic mass is 10.0. The van der Waals surface area contributed by atoms with Gasteiger partial charge in [0.15, 0.2) is 0 Å². The van der Waals surface area contributed by atoms with Crippen LogP contribution in [-0.2, 0) is 4.74 Å². The predicted molar refractivity (Wildman–Crippen MR) is 89.7 cm³/mol. The van der Waals surface area contributed by atoms with E-state index in [2.05, 4.69) is 36.0 Å². The maximum atomic E-state index is 5.63. The van der Waals surface area contributed by atoms with Crippen molar-refractivity contribution in [1.29, 1.82) is 0 Å². The van der Waals surface area contributed by atoms with E-state index >= 15 is 0 Å². The molecular weight excluding hydrogens is 264 g/mol. The van der Waals surface area contributed by atoms with Gasteiger partial charge in [0.1, 0.15) is 0 Å². The molecule has 0 aromatic rings. The van der Waals surface area contributed by atoms with Crippen molar-refractivity contribution < 1.29 is 4.74 Å². The smallest absolute Gasteiger partial charge is 0.0615 e. The van der Waals surface area contributed by atoms with Crippen LogP contribution in [0.25, 0.3) is 0 Å². The molecule has 1 aliphatic heterocycles. The van der Waals surface area contributed by atoms with Gasteiger partial charge in [0.25, 0.3) is 0 Å². The zero-order valence-corrected chi connectivity index (χ0v) is 14.5. The van der Waals surface area contributed by atoms with Gasteiger partial charge in [-0.25, -0.2) is 0 Å². The van der Waals surface area contributed by atoms with Crippen LogP contribution in [0, 0.1) is 5.92 Å². The van der Waals surface area contributed by atoms with Crippen LogP contribution in [-0.4, -0.2) is 81.9 Å². The number of nitrogens with zero attached hydrogens (tertiary/aromatic N) is 2. The van der Waals surface area contributed by atoms with Crippen molar-refractivity contribution in [2.75, 3.05) is 60.0 Å². The van der Waals surface area contributed by atoms with E-state index in [4.69, 9.17) is 10.5 Å². The third-order valence-electron chi connectivity index (χ3n) is 4.52. The number of hydrogen-bond donors (Lipinski definition) is 2. The second kappa shape index (κ2) is 10.5. The lowest BCUT2D eigenvalue weighted by Crippen LogP contribution is -2.54. The van der Waals surface area contributed by atoms with Crippen molar-refractivity contribution in [2.24, 2.45) is 11.7 Å². The van der Waals surface area contributed by atoms with E-state index in [1.807, 2.05) is 0 Å². The Hall–Kier alpha value is -0.200. The summed E-state index contributed by atoms with van der Waals surface area (Å²) in [5.41, 5.74) is 5.63. The SMILES string of the molecule is COCC(CCCN)NCC(C(C)C)N1CCN(C)CC1. The zero-order chi connectivity index (χ0) is 15.7. The van der Waals surface area contributed by atoms with Crippen molar-refractivity contribution in [1.82, 2.24) is 15.1 Å². The van der Waals surface area contributed by atoms with E-state index in [0.29, 0.717) is 18.0 Å². The Morgan fingerprint density at radius 2 is 1.86 bits per heavy atom. The molecule has 0 aliphatic carbocycles. The lowest BCUT2D eigenvalue weighted by molar-refractivity contribution is 0.0815. The van der Waals surface area contributed by atoms with Crippen LogP contribution in [0.15, 0.2) is 0 Å². The molecule has 0 saturated carbocycles. The standard InChI is InChI=1S/C16H36N4O/c1-14(2)16(20-10-8-19(3)9-11-20)12-18-15(13-21-4)6-5-7-17/h14-16,18H,5-13,17H2,1-4H3. The number of rotatable bonds is 10. The average Bonchev–Trinajstić information content (AvgIpc) is 2.46. The highest BCUT2D eigenvalue weighted by molar-refractivity contribution is 4.82. The molecular formula is C16H36N4O. The summed E-state index contributed by atoms with van der Waals surface area (Å²) in [7, 11) is 3.99. The molecule has 126 valence electrons. The van der Waals surface area contributed by atoms with Crippen molar-refractivity contribution in [3.8, 4) is 0 Å². The maximum absolute atomic E-state index is 5.63. The van der Waals surface area contributed by atoms with Crippen LogP contribution in [0.4, 0.5) is 0 Å². The first-order chi connectivity index (χ1) is 10.1.